The van der Waals surface area contributed by atoms with Gasteiger partial charge in [-0.25, -0.2) is 0 Å². The topological polar surface area (TPSA) is 81.5 Å². The van der Waals surface area contributed by atoms with Gasteiger partial charge in [-0.2, -0.15) is 4.39 Å². The fourth-order valence-corrected chi connectivity index (χ4v) is 2.10. The third kappa shape index (κ3) is 3.51. The third-order valence-electron chi connectivity index (χ3n) is 3.21. The summed E-state index contributed by atoms with van der Waals surface area (Å²) in [7, 11) is 0. The lowest BCUT2D eigenvalue weighted by Crippen LogP contribution is -2.33. The van der Waals surface area contributed by atoms with Crippen LogP contribution in [-0.2, 0) is 4.74 Å². The predicted octanol–water partition coefficient (Wildman–Crippen LogP) is 1.89. The first kappa shape index (κ1) is 14.4. The molecule has 1 aliphatic rings. The van der Waals surface area contributed by atoms with Crippen LogP contribution in [-0.4, -0.2) is 30.6 Å². The van der Waals surface area contributed by atoms with E-state index in [1.165, 1.54) is 6.07 Å². The Morgan fingerprint density at radius 3 is 2.95 bits per heavy atom. The van der Waals surface area contributed by atoms with Gasteiger partial charge in [0, 0.05) is 24.8 Å². The van der Waals surface area contributed by atoms with Crippen molar-refractivity contribution < 1.29 is 18.8 Å². The van der Waals surface area contributed by atoms with Crippen LogP contribution in [0, 0.1) is 21.8 Å². The van der Waals surface area contributed by atoms with E-state index in [4.69, 9.17) is 4.74 Å². The molecule has 108 valence electrons. The second-order valence-electron chi connectivity index (χ2n) is 4.72. The summed E-state index contributed by atoms with van der Waals surface area (Å²) >= 11 is 0. The number of benzene rings is 1. The molecule has 0 aliphatic carbocycles. The van der Waals surface area contributed by atoms with E-state index in [0.717, 1.165) is 31.6 Å². The van der Waals surface area contributed by atoms with Crippen LogP contribution < -0.4 is 5.32 Å². The van der Waals surface area contributed by atoms with E-state index in [0.29, 0.717) is 13.2 Å². The fourth-order valence-electron chi connectivity index (χ4n) is 2.10. The molecule has 0 aromatic heterocycles. The number of ether oxygens (including phenoxy) is 1. The first-order chi connectivity index (χ1) is 9.58. The Hall–Kier alpha value is -2.02. The number of hydrogen-bond acceptors (Lipinski definition) is 4. The van der Waals surface area contributed by atoms with E-state index in [-0.39, 0.29) is 11.5 Å². The summed E-state index contributed by atoms with van der Waals surface area (Å²) in [6.45, 7) is 1.81. The molecule has 0 radical (unpaired) electrons. The smallest absolute Gasteiger partial charge is 0.304 e. The van der Waals surface area contributed by atoms with Crippen LogP contribution in [0.2, 0.25) is 0 Å². The molecule has 0 bridgehead atoms. The molecule has 6 nitrogen and oxygen atoms in total. The first-order valence-corrected chi connectivity index (χ1v) is 6.38. The van der Waals surface area contributed by atoms with Crippen LogP contribution in [0.4, 0.5) is 10.1 Å². The van der Waals surface area contributed by atoms with Crippen molar-refractivity contribution in [1.82, 2.24) is 5.32 Å². The highest BCUT2D eigenvalue weighted by Crippen LogP contribution is 2.18. The van der Waals surface area contributed by atoms with Gasteiger partial charge in [-0.15, -0.1) is 0 Å². The zero-order valence-electron chi connectivity index (χ0n) is 10.8. The maximum atomic E-state index is 13.4. The monoisotopic (exact) mass is 282 g/mol. The number of carbonyl (C=O) groups is 1. The normalized spacial score (nSPS) is 18.6. The highest BCUT2D eigenvalue weighted by atomic mass is 19.1. The van der Waals surface area contributed by atoms with E-state index in [9.17, 15) is 19.3 Å². The van der Waals surface area contributed by atoms with Crippen LogP contribution in [0.25, 0.3) is 0 Å². The summed E-state index contributed by atoms with van der Waals surface area (Å²) in [4.78, 5) is 21.5. The van der Waals surface area contributed by atoms with E-state index in [1.807, 2.05) is 0 Å². The van der Waals surface area contributed by atoms with E-state index in [1.54, 1.807) is 0 Å². The van der Waals surface area contributed by atoms with Crippen molar-refractivity contribution in [2.24, 2.45) is 5.92 Å². The van der Waals surface area contributed by atoms with E-state index >= 15 is 0 Å². The summed E-state index contributed by atoms with van der Waals surface area (Å²) in [6, 6.07) is 3.12. The lowest BCUT2D eigenvalue weighted by Gasteiger charge is -2.22. The SMILES string of the molecule is O=C(NCC1CCCOC1)c1ccc([N+](=O)[O-])c(F)c1. The lowest BCUT2D eigenvalue weighted by molar-refractivity contribution is -0.387. The van der Waals surface area contributed by atoms with Crippen molar-refractivity contribution >= 4 is 11.6 Å². The first-order valence-electron chi connectivity index (χ1n) is 6.38. The fraction of sp³-hybridized carbons (Fsp3) is 0.462. The third-order valence-corrected chi connectivity index (χ3v) is 3.21. The standard InChI is InChI=1S/C13H15FN2O4/c14-11-6-10(3-4-12(11)16(18)19)13(17)15-7-9-2-1-5-20-8-9/h3-4,6,9H,1-2,5,7-8H2,(H,15,17). The number of nitrogens with one attached hydrogen (secondary N) is 1. The molecule has 20 heavy (non-hydrogen) atoms. The van der Waals surface area contributed by atoms with Crippen molar-refractivity contribution in [2.45, 2.75) is 12.8 Å². The van der Waals surface area contributed by atoms with Gasteiger partial charge in [0.25, 0.3) is 5.91 Å². The average molecular weight is 282 g/mol. The molecule has 1 aliphatic heterocycles. The lowest BCUT2D eigenvalue weighted by atomic mass is 10.0. The maximum Gasteiger partial charge on any atom is 0.304 e. The molecule has 1 N–H and O–H groups in total. The number of nitro groups is 1. The Labute approximate surface area is 115 Å². The molecule has 1 heterocycles. The van der Waals surface area contributed by atoms with Gasteiger partial charge >= 0.3 is 5.69 Å². The Bertz CT molecular complexity index is 515. The highest BCUT2D eigenvalue weighted by molar-refractivity contribution is 5.94. The van der Waals surface area contributed by atoms with Crippen LogP contribution in [0.5, 0.6) is 0 Å². The van der Waals surface area contributed by atoms with Crippen molar-refractivity contribution in [1.29, 1.82) is 0 Å². The Morgan fingerprint density at radius 2 is 2.35 bits per heavy atom. The zero-order valence-corrected chi connectivity index (χ0v) is 10.8. The minimum Gasteiger partial charge on any atom is -0.381 e. The molecule has 1 saturated heterocycles. The zero-order chi connectivity index (χ0) is 14.5. The van der Waals surface area contributed by atoms with Gasteiger partial charge in [-0.05, 0) is 30.9 Å². The molecule has 0 spiro atoms. The second-order valence-corrected chi connectivity index (χ2v) is 4.72. The number of nitro benzene ring substituents is 1. The van der Waals surface area contributed by atoms with Gasteiger partial charge in [-0.3, -0.25) is 14.9 Å². The van der Waals surface area contributed by atoms with Crippen molar-refractivity contribution in [3.63, 3.8) is 0 Å². The Kier molecular flexibility index (Phi) is 4.62. The van der Waals surface area contributed by atoms with Gasteiger partial charge in [0.15, 0.2) is 0 Å². The van der Waals surface area contributed by atoms with E-state index in [2.05, 4.69) is 5.32 Å². The van der Waals surface area contributed by atoms with Gasteiger partial charge in [0.1, 0.15) is 0 Å². The molecular formula is C13H15FN2O4. The van der Waals surface area contributed by atoms with Crippen LogP contribution in [0.3, 0.4) is 0 Å². The molecule has 1 amide bonds. The molecular weight excluding hydrogens is 267 g/mol. The summed E-state index contributed by atoms with van der Waals surface area (Å²) in [5.74, 6) is -1.19. The molecule has 1 unspecified atom stereocenters. The second kappa shape index (κ2) is 6.42. The Balaban J connectivity index is 1.95. The van der Waals surface area contributed by atoms with Crippen molar-refractivity contribution in [3.8, 4) is 0 Å². The number of amides is 1. The molecule has 2 rings (SSSR count). The molecule has 1 aromatic carbocycles. The molecule has 1 atom stereocenters. The minimum absolute atomic E-state index is 0.0739. The summed E-state index contributed by atoms with van der Waals surface area (Å²) in [5, 5.41) is 13.2. The number of hydrogen-bond donors (Lipinski definition) is 1. The number of rotatable bonds is 4. The van der Waals surface area contributed by atoms with Gasteiger partial charge in [-0.1, -0.05) is 0 Å². The van der Waals surface area contributed by atoms with E-state index < -0.39 is 22.3 Å². The van der Waals surface area contributed by atoms with Crippen LogP contribution in [0.1, 0.15) is 23.2 Å². The van der Waals surface area contributed by atoms with Gasteiger partial charge in [0.2, 0.25) is 5.82 Å². The largest absolute Gasteiger partial charge is 0.381 e. The number of halogens is 1. The number of carbonyl (C=O) groups excluding carboxylic acids is 1. The quantitative estimate of drug-likeness (QED) is 0.675. The minimum atomic E-state index is -1.01. The molecule has 7 heteroatoms. The number of nitrogens with zero attached hydrogens (tertiary/aromatic N) is 1. The summed E-state index contributed by atoms with van der Waals surface area (Å²) < 4.78 is 18.7. The van der Waals surface area contributed by atoms with Crippen LogP contribution in [0.15, 0.2) is 18.2 Å². The van der Waals surface area contributed by atoms with Gasteiger partial charge in [0.05, 0.1) is 11.5 Å². The van der Waals surface area contributed by atoms with Crippen molar-refractivity contribution in [3.05, 3.63) is 39.7 Å². The van der Waals surface area contributed by atoms with Crippen LogP contribution >= 0.6 is 0 Å². The highest BCUT2D eigenvalue weighted by Gasteiger charge is 2.18. The summed E-state index contributed by atoms with van der Waals surface area (Å²) in [5.41, 5.74) is -0.563. The molecule has 1 aromatic rings. The molecule has 1 fully saturated rings. The average Bonchev–Trinajstić information content (AvgIpc) is 2.45. The maximum absolute atomic E-state index is 13.4. The Morgan fingerprint density at radius 1 is 1.55 bits per heavy atom. The summed E-state index contributed by atoms with van der Waals surface area (Å²) in [6.07, 6.45) is 1.95. The molecule has 0 saturated carbocycles. The van der Waals surface area contributed by atoms with Gasteiger partial charge < -0.3 is 10.1 Å². The van der Waals surface area contributed by atoms with Crippen molar-refractivity contribution in [2.75, 3.05) is 19.8 Å². The predicted molar refractivity (Wildman–Crippen MR) is 68.9 cm³/mol.